The fraction of sp³-hybridized carbons (Fsp3) is 0.579. The normalized spacial score (nSPS) is 16.5. The first kappa shape index (κ1) is 20.6. The van der Waals surface area contributed by atoms with Gasteiger partial charge in [-0.1, -0.05) is 28.1 Å². The summed E-state index contributed by atoms with van der Waals surface area (Å²) in [6.07, 6.45) is -0.902. The van der Waals surface area contributed by atoms with Gasteiger partial charge in [0.25, 0.3) is 0 Å². The Kier molecular flexibility index (Phi) is 5.61. The highest BCUT2D eigenvalue weighted by Crippen LogP contribution is 2.34. The third-order valence-corrected chi connectivity index (χ3v) is 4.24. The monoisotopic (exact) mass is 426 g/mol. The maximum atomic E-state index is 12.3. The number of carbonyl (C=O) groups is 2. The number of nitrogens with zero attached hydrogens (tertiary/aromatic N) is 1. The van der Waals surface area contributed by atoms with Crippen LogP contribution in [0.4, 0.5) is 9.59 Å². The number of nitrogens with one attached hydrogen (secondary N) is 1. The summed E-state index contributed by atoms with van der Waals surface area (Å²) >= 11 is 3.41. The molecule has 2 rings (SSSR count). The van der Waals surface area contributed by atoms with Crippen LogP contribution in [-0.4, -0.2) is 41.4 Å². The quantitative estimate of drug-likeness (QED) is 0.759. The number of ether oxygens (including phenoxy) is 2. The maximum Gasteiger partial charge on any atom is 0.410 e. The molecule has 26 heavy (non-hydrogen) atoms. The van der Waals surface area contributed by atoms with E-state index in [1.807, 2.05) is 65.8 Å². The number of hydrogen-bond donors (Lipinski definition) is 1. The summed E-state index contributed by atoms with van der Waals surface area (Å²) < 4.78 is 11.7. The number of likely N-dealkylation sites (tertiary alicyclic amines) is 1. The fourth-order valence-corrected chi connectivity index (χ4v) is 2.93. The molecule has 1 aliphatic rings. The van der Waals surface area contributed by atoms with E-state index in [1.165, 1.54) is 0 Å². The molecule has 1 aromatic rings. The highest BCUT2D eigenvalue weighted by atomic mass is 79.9. The molecule has 0 atom stereocenters. The lowest BCUT2D eigenvalue weighted by Gasteiger charge is -2.50. The molecule has 7 heteroatoms. The second-order valence-corrected chi connectivity index (χ2v) is 9.47. The van der Waals surface area contributed by atoms with Crippen LogP contribution < -0.4 is 5.32 Å². The summed E-state index contributed by atoms with van der Waals surface area (Å²) in [7, 11) is 0. The SMILES string of the molecule is CC(C)(C)OC(=O)NC1(c2ccc(Br)cc2)CN(C(=O)OC(C)(C)C)C1. The van der Waals surface area contributed by atoms with Crippen molar-refractivity contribution < 1.29 is 19.1 Å². The predicted molar refractivity (Wildman–Crippen MR) is 103 cm³/mol. The molecule has 1 saturated heterocycles. The van der Waals surface area contributed by atoms with Gasteiger partial charge in [-0.05, 0) is 59.2 Å². The molecule has 6 nitrogen and oxygen atoms in total. The van der Waals surface area contributed by atoms with E-state index in [0.717, 1.165) is 10.0 Å². The largest absolute Gasteiger partial charge is 0.444 e. The minimum Gasteiger partial charge on any atom is -0.444 e. The van der Waals surface area contributed by atoms with Crippen LogP contribution in [-0.2, 0) is 15.0 Å². The zero-order valence-electron chi connectivity index (χ0n) is 16.2. The lowest BCUT2D eigenvalue weighted by atomic mass is 9.82. The van der Waals surface area contributed by atoms with Crippen molar-refractivity contribution in [2.75, 3.05) is 13.1 Å². The number of benzene rings is 1. The van der Waals surface area contributed by atoms with Gasteiger partial charge in [-0.2, -0.15) is 0 Å². The highest BCUT2D eigenvalue weighted by molar-refractivity contribution is 9.10. The summed E-state index contributed by atoms with van der Waals surface area (Å²) in [4.78, 5) is 26.2. The van der Waals surface area contributed by atoms with Crippen molar-refractivity contribution in [3.05, 3.63) is 34.3 Å². The van der Waals surface area contributed by atoms with Gasteiger partial charge in [0.1, 0.15) is 16.7 Å². The molecular formula is C19H27BrN2O4. The fourth-order valence-electron chi connectivity index (χ4n) is 2.66. The molecule has 1 N–H and O–H groups in total. The van der Waals surface area contributed by atoms with Crippen LogP contribution in [0.3, 0.4) is 0 Å². The summed E-state index contributed by atoms with van der Waals surface area (Å²) in [6, 6.07) is 7.66. The van der Waals surface area contributed by atoms with Crippen LogP contribution in [0.25, 0.3) is 0 Å². The van der Waals surface area contributed by atoms with Gasteiger partial charge in [0.15, 0.2) is 0 Å². The van der Waals surface area contributed by atoms with Crippen molar-refractivity contribution >= 4 is 28.1 Å². The van der Waals surface area contributed by atoms with Gasteiger partial charge >= 0.3 is 12.2 Å². The summed E-state index contributed by atoms with van der Waals surface area (Å²) in [5, 5.41) is 2.94. The summed E-state index contributed by atoms with van der Waals surface area (Å²) in [5.41, 5.74) is -0.947. The molecule has 0 saturated carbocycles. The summed E-state index contributed by atoms with van der Waals surface area (Å²) in [5.74, 6) is 0. The molecule has 1 aliphatic heterocycles. The van der Waals surface area contributed by atoms with Crippen molar-refractivity contribution in [3.63, 3.8) is 0 Å². The Labute approximate surface area is 163 Å². The predicted octanol–water partition coefficient (Wildman–Crippen LogP) is 4.42. The molecular weight excluding hydrogens is 400 g/mol. The van der Waals surface area contributed by atoms with Gasteiger partial charge in [-0.15, -0.1) is 0 Å². The zero-order chi connectivity index (χ0) is 19.8. The molecule has 1 aromatic carbocycles. The highest BCUT2D eigenvalue weighted by Gasteiger charge is 2.49. The Morgan fingerprint density at radius 2 is 1.50 bits per heavy atom. The third kappa shape index (κ3) is 5.37. The second kappa shape index (κ2) is 7.10. The van der Waals surface area contributed by atoms with Gasteiger partial charge in [0.2, 0.25) is 0 Å². The van der Waals surface area contributed by atoms with E-state index < -0.39 is 28.9 Å². The van der Waals surface area contributed by atoms with E-state index in [-0.39, 0.29) is 0 Å². The van der Waals surface area contributed by atoms with Crippen LogP contribution >= 0.6 is 15.9 Å². The molecule has 0 unspecified atom stereocenters. The molecule has 144 valence electrons. The van der Waals surface area contributed by atoms with Crippen molar-refractivity contribution in [1.29, 1.82) is 0 Å². The molecule has 0 spiro atoms. The van der Waals surface area contributed by atoms with Crippen LogP contribution in [0.15, 0.2) is 28.7 Å². The van der Waals surface area contributed by atoms with Crippen LogP contribution in [0.2, 0.25) is 0 Å². The average molecular weight is 427 g/mol. The Morgan fingerprint density at radius 3 is 1.96 bits per heavy atom. The first-order valence-electron chi connectivity index (χ1n) is 8.55. The van der Waals surface area contributed by atoms with E-state index in [0.29, 0.717) is 13.1 Å². The standard InChI is InChI=1S/C19H27BrN2O4/c1-17(2,3)25-15(23)21-19(13-7-9-14(20)10-8-13)11-22(12-19)16(24)26-18(4,5)6/h7-10H,11-12H2,1-6H3,(H,21,23). The minimum absolute atomic E-state index is 0.322. The number of alkyl carbamates (subject to hydrolysis) is 1. The molecule has 0 aromatic heterocycles. The number of halogens is 1. The summed E-state index contributed by atoms with van der Waals surface area (Å²) in [6.45, 7) is 11.6. The van der Waals surface area contributed by atoms with Crippen molar-refractivity contribution in [3.8, 4) is 0 Å². The van der Waals surface area contributed by atoms with Gasteiger partial charge in [-0.3, -0.25) is 0 Å². The van der Waals surface area contributed by atoms with Crippen LogP contribution in [0.1, 0.15) is 47.1 Å². The third-order valence-electron chi connectivity index (χ3n) is 3.71. The Balaban J connectivity index is 2.16. The molecule has 0 aliphatic carbocycles. The molecule has 2 amide bonds. The van der Waals surface area contributed by atoms with Gasteiger partial charge < -0.3 is 19.7 Å². The van der Waals surface area contributed by atoms with Crippen molar-refractivity contribution in [1.82, 2.24) is 10.2 Å². The van der Waals surface area contributed by atoms with Crippen molar-refractivity contribution in [2.45, 2.75) is 58.3 Å². The Morgan fingerprint density at radius 1 is 1.00 bits per heavy atom. The van der Waals surface area contributed by atoms with Gasteiger partial charge in [0.05, 0.1) is 13.1 Å². The first-order chi connectivity index (χ1) is 11.8. The Bertz CT molecular complexity index is 668. The topological polar surface area (TPSA) is 67.9 Å². The Hall–Kier alpha value is -1.76. The lowest BCUT2D eigenvalue weighted by Crippen LogP contribution is -2.69. The van der Waals surface area contributed by atoms with Gasteiger partial charge in [-0.25, -0.2) is 9.59 Å². The zero-order valence-corrected chi connectivity index (χ0v) is 17.8. The minimum atomic E-state index is -0.695. The van der Waals surface area contributed by atoms with Gasteiger partial charge in [0, 0.05) is 4.47 Å². The molecule has 1 fully saturated rings. The van der Waals surface area contributed by atoms with E-state index in [1.54, 1.807) is 4.90 Å². The number of amides is 2. The number of carbonyl (C=O) groups excluding carboxylic acids is 2. The van der Waals surface area contributed by atoms with E-state index in [4.69, 9.17) is 9.47 Å². The first-order valence-corrected chi connectivity index (χ1v) is 9.34. The number of rotatable bonds is 2. The van der Waals surface area contributed by atoms with E-state index >= 15 is 0 Å². The second-order valence-electron chi connectivity index (χ2n) is 8.55. The maximum absolute atomic E-state index is 12.3. The van der Waals surface area contributed by atoms with E-state index in [9.17, 15) is 9.59 Å². The molecule has 0 radical (unpaired) electrons. The van der Waals surface area contributed by atoms with Crippen molar-refractivity contribution in [2.24, 2.45) is 0 Å². The number of hydrogen-bond acceptors (Lipinski definition) is 4. The smallest absolute Gasteiger partial charge is 0.410 e. The van der Waals surface area contributed by atoms with Crippen LogP contribution in [0.5, 0.6) is 0 Å². The molecule has 1 heterocycles. The lowest BCUT2D eigenvalue weighted by molar-refractivity contribution is -0.0230. The van der Waals surface area contributed by atoms with Crippen LogP contribution in [0, 0.1) is 0 Å². The average Bonchev–Trinajstić information content (AvgIpc) is 2.39. The molecule has 0 bridgehead atoms. The van der Waals surface area contributed by atoms with E-state index in [2.05, 4.69) is 21.2 Å².